The molecule has 1 unspecified atom stereocenters. The van der Waals surface area contributed by atoms with Crippen LogP contribution in [0.5, 0.6) is 17.2 Å². The molecule has 0 radical (unpaired) electrons. The molecule has 2 rings (SSSR count). The monoisotopic (exact) mass is 373 g/mol. The maximum atomic E-state index is 12.5. The molecule has 0 heterocycles. The third kappa shape index (κ3) is 5.91. The van der Waals surface area contributed by atoms with Crippen molar-refractivity contribution in [2.45, 2.75) is 13.3 Å². The van der Waals surface area contributed by atoms with Gasteiger partial charge >= 0.3 is 5.97 Å². The van der Waals surface area contributed by atoms with E-state index in [-0.39, 0.29) is 11.8 Å². The van der Waals surface area contributed by atoms with Crippen LogP contribution in [0.25, 0.3) is 0 Å². The molecule has 2 aromatic rings. The van der Waals surface area contributed by atoms with E-state index < -0.39 is 12.6 Å². The van der Waals surface area contributed by atoms with Crippen molar-refractivity contribution >= 4 is 17.6 Å². The molecule has 0 saturated carbocycles. The number of rotatable bonds is 9. The highest BCUT2D eigenvalue weighted by Crippen LogP contribution is 2.28. The van der Waals surface area contributed by atoms with E-state index in [2.05, 4.69) is 5.32 Å². The van der Waals surface area contributed by atoms with Crippen LogP contribution in [0, 0.1) is 5.92 Å². The second-order valence-corrected chi connectivity index (χ2v) is 5.99. The fourth-order valence-corrected chi connectivity index (χ4v) is 2.53. The number of methoxy groups -OCH3 is 2. The first-order valence-corrected chi connectivity index (χ1v) is 8.39. The molecule has 1 amide bonds. The molecule has 0 saturated heterocycles. The van der Waals surface area contributed by atoms with E-state index in [1.165, 1.54) is 0 Å². The molecule has 0 aliphatic heterocycles. The van der Waals surface area contributed by atoms with Crippen molar-refractivity contribution in [3.63, 3.8) is 0 Å². The lowest BCUT2D eigenvalue weighted by Gasteiger charge is -2.14. The summed E-state index contributed by atoms with van der Waals surface area (Å²) in [5.74, 6) is 0.130. The van der Waals surface area contributed by atoms with Gasteiger partial charge in [-0.3, -0.25) is 4.79 Å². The summed E-state index contributed by atoms with van der Waals surface area (Å²) in [5, 5.41) is 11.5. The number of carbonyl (C=O) groups excluding carboxylic acids is 1. The number of carboxylic acids is 1. The first-order valence-electron chi connectivity index (χ1n) is 8.39. The standard InChI is InChI=1S/C20H23NO6/c1-13(9-14-7-8-17(25-2)18(10-14)26-3)20(24)21-15-5-4-6-16(11-15)27-12-19(22)23/h4-8,10-11,13H,9,12H2,1-3H3,(H,21,24)(H,22,23). The number of carbonyl (C=O) groups is 2. The summed E-state index contributed by atoms with van der Waals surface area (Å²) < 4.78 is 15.6. The number of nitrogens with one attached hydrogen (secondary N) is 1. The normalized spacial score (nSPS) is 11.4. The predicted molar refractivity (Wildman–Crippen MR) is 101 cm³/mol. The Morgan fingerprint density at radius 1 is 1.07 bits per heavy atom. The van der Waals surface area contributed by atoms with Crippen molar-refractivity contribution in [3.05, 3.63) is 48.0 Å². The lowest BCUT2D eigenvalue weighted by molar-refractivity contribution is -0.139. The molecule has 0 aromatic heterocycles. The lowest BCUT2D eigenvalue weighted by atomic mass is 10.00. The maximum absolute atomic E-state index is 12.5. The van der Waals surface area contributed by atoms with E-state index in [0.717, 1.165) is 5.56 Å². The first kappa shape index (κ1) is 20.1. The molecule has 7 nitrogen and oxygen atoms in total. The third-order valence-electron chi connectivity index (χ3n) is 3.90. The zero-order valence-electron chi connectivity index (χ0n) is 15.5. The van der Waals surface area contributed by atoms with Gasteiger partial charge in [0, 0.05) is 17.7 Å². The molecule has 0 spiro atoms. The van der Waals surface area contributed by atoms with Crippen LogP contribution in [0.15, 0.2) is 42.5 Å². The van der Waals surface area contributed by atoms with E-state index in [1.54, 1.807) is 38.5 Å². The highest BCUT2D eigenvalue weighted by Gasteiger charge is 2.15. The Hall–Kier alpha value is -3.22. The van der Waals surface area contributed by atoms with Gasteiger partial charge in [-0.15, -0.1) is 0 Å². The van der Waals surface area contributed by atoms with Crippen LogP contribution in [-0.2, 0) is 16.0 Å². The summed E-state index contributed by atoms with van der Waals surface area (Å²) in [7, 11) is 3.14. The van der Waals surface area contributed by atoms with Crippen molar-refractivity contribution in [2.75, 3.05) is 26.1 Å². The summed E-state index contributed by atoms with van der Waals surface area (Å²) in [6.45, 7) is 1.39. The average Bonchev–Trinajstić information content (AvgIpc) is 2.66. The first-order chi connectivity index (χ1) is 12.9. The van der Waals surface area contributed by atoms with E-state index in [4.69, 9.17) is 19.3 Å². The van der Waals surface area contributed by atoms with E-state index >= 15 is 0 Å². The minimum atomic E-state index is -1.06. The number of benzene rings is 2. The van der Waals surface area contributed by atoms with Crippen LogP contribution in [0.3, 0.4) is 0 Å². The molecule has 7 heteroatoms. The molecule has 2 aromatic carbocycles. The minimum absolute atomic E-state index is 0.153. The number of anilines is 1. The van der Waals surface area contributed by atoms with Crippen molar-refractivity contribution in [2.24, 2.45) is 5.92 Å². The molecular formula is C20H23NO6. The van der Waals surface area contributed by atoms with Gasteiger partial charge in [0.1, 0.15) is 5.75 Å². The van der Waals surface area contributed by atoms with Crippen molar-refractivity contribution in [1.82, 2.24) is 0 Å². The fourth-order valence-electron chi connectivity index (χ4n) is 2.53. The van der Waals surface area contributed by atoms with Crippen molar-refractivity contribution < 1.29 is 28.9 Å². The zero-order valence-corrected chi connectivity index (χ0v) is 15.5. The number of hydrogen-bond acceptors (Lipinski definition) is 5. The Morgan fingerprint density at radius 2 is 1.81 bits per heavy atom. The lowest BCUT2D eigenvalue weighted by Crippen LogP contribution is -2.22. The van der Waals surface area contributed by atoms with E-state index in [1.807, 2.05) is 25.1 Å². The molecule has 144 valence electrons. The molecule has 2 N–H and O–H groups in total. The number of carboxylic acid groups (broad SMARTS) is 1. The summed E-state index contributed by atoms with van der Waals surface area (Å²) in [6.07, 6.45) is 0.529. The summed E-state index contributed by atoms with van der Waals surface area (Å²) >= 11 is 0. The van der Waals surface area contributed by atoms with Crippen molar-refractivity contribution in [1.29, 1.82) is 0 Å². The second kappa shape index (κ2) is 9.47. The topological polar surface area (TPSA) is 94.1 Å². The summed E-state index contributed by atoms with van der Waals surface area (Å²) in [6, 6.07) is 12.2. The highest BCUT2D eigenvalue weighted by molar-refractivity contribution is 5.92. The van der Waals surface area contributed by atoms with Gasteiger partial charge < -0.3 is 24.6 Å². The smallest absolute Gasteiger partial charge is 0.341 e. The number of amides is 1. The van der Waals surface area contributed by atoms with Crippen molar-refractivity contribution in [3.8, 4) is 17.2 Å². The van der Waals surface area contributed by atoms with Crippen LogP contribution < -0.4 is 19.5 Å². The van der Waals surface area contributed by atoms with Crippen LogP contribution in [-0.4, -0.2) is 37.8 Å². The van der Waals surface area contributed by atoms with Gasteiger partial charge in [-0.1, -0.05) is 19.1 Å². The van der Waals surface area contributed by atoms with Gasteiger partial charge in [0.15, 0.2) is 18.1 Å². The van der Waals surface area contributed by atoms with Crippen LogP contribution in [0.4, 0.5) is 5.69 Å². The zero-order chi connectivity index (χ0) is 19.8. The summed E-state index contributed by atoms with van der Waals surface area (Å²) in [5.41, 5.74) is 1.50. The van der Waals surface area contributed by atoms with Gasteiger partial charge in [-0.2, -0.15) is 0 Å². The Balaban J connectivity index is 1.99. The molecular weight excluding hydrogens is 350 g/mol. The molecule has 1 atom stereocenters. The van der Waals surface area contributed by atoms with Crippen LogP contribution in [0.1, 0.15) is 12.5 Å². The van der Waals surface area contributed by atoms with Gasteiger partial charge in [0.25, 0.3) is 0 Å². The van der Waals surface area contributed by atoms with Gasteiger partial charge in [0.05, 0.1) is 14.2 Å². The van der Waals surface area contributed by atoms with E-state index in [9.17, 15) is 9.59 Å². The second-order valence-electron chi connectivity index (χ2n) is 5.99. The molecule has 0 aliphatic rings. The molecule has 27 heavy (non-hydrogen) atoms. The summed E-state index contributed by atoms with van der Waals surface area (Å²) in [4.78, 5) is 23.0. The molecule has 0 aliphatic carbocycles. The van der Waals surface area contributed by atoms with Gasteiger partial charge in [-0.25, -0.2) is 4.79 Å². The predicted octanol–water partition coefficient (Wildman–Crippen LogP) is 2.98. The molecule has 0 fully saturated rings. The highest BCUT2D eigenvalue weighted by atomic mass is 16.5. The van der Waals surface area contributed by atoms with Crippen LogP contribution in [0.2, 0.25) is 0 Å². The Morgan fingerprint density at radius 3 is 2.48 bits per heavy atom. The number of aliphatic carboxylic acids is 1. The Kier molecular flexibility index (Phi) is 7.05. The van der Waals surface area contributed by atoms with E-state index in [0.29, 0.717) is 29.4 Å². The minimum Gasteiger partial charge on any atom is -0.493 e. The van der Waals surface area contributed by atoms with Gasteiger partial charge in [-0.05, 0) is 36.2 Å². The fraction of sp³-hybridized carbons (Fsp3) is 0.300. The average molecular weight is 373 g/mol. The van der Waals surface area contributed by atoms with Gasteiger partial charge in [0.2, 0.25) is 5.91 Å². The SMILES string of the molecule is COc1ccc(CC(C)C(=O)Nc2cccc(OCC(=O)O)c2)cc1OC. The number of ether oxygens (including phenoxy) is 3. The largest absolute Gasteiger partial charge is 0.493 e. The Labute approximate surface area is 157 Å². The van der Waals surface area contributed by atoms with Crippen LogP contribution >= 0.6 is 0 Å². The molecule has 0 bridgehead atoms. The Bertz CT molecular complexity index is 805. The maximum Gasteiger partial charge on any atom is 0.341 e. The third-order valence-corrected chi connectivity index (χ3v) is 3.90. The quantitative estimate of drug-likeness (QED) is 0.702. The number of hydrogen-bond donors (Lipinski definition) is 2.